The molecule has 0 saturated heterocycles. The molecule has 0 aliphatic carbocycles. The number of isocyanates is 2. The normalized spacial score (nSPS) is 9.57. The van der Waals surface area contributed by atoms with E-state index >= 15 is 0 Å². The van der Waals surface area contributed by atoms with Gasteiger partial charge >= 0.3 is 0 Å². The van der Waals surface area contributed by atoms with Crippen molar-refractivity contribution in [3.63, 3.8) is 0 Å². The summed E-state index contributed by atoms with van der Waals surface area (Å²) in [4.78, 5) is 27.9. The molecule has 0 radical (unpaired) electrons. The number of carbonyl (C=O) groups excluding carboxylic acids is 2. The van der Waals surface area contributed by atoms with Gasteiger partial charge in [-0.1, -0.05) is 35.9 Å². The van der Waals surface area contributed by atoms with Crippen LogP contribution < -0.4 is 0 Å². The number of aryl methyl sites for hydroxylation is 2. The van der Waals surface area contributed by atoms with Crippen LogP contribution in [0.5, 0.6) is 0 Å². The molecular weight excluding hydrogens is 288 g/mol. The SMILES string of the molecule is O=C=Nc1ccc(CCc2ccccc2Cl)c(N=C=O)c1. The highest BCUT2D eigenvalue weighted by Crippen LogP contribution is 2.27. The van der Waals surface area contributed by atoms with Gasteiger partial charge in [-0.15, -0.1) is 0 Å². The lowest BCUT2D eigenvalue weighted by atomic mass is 10.0. The number of benzene rings is 2. The maximum Gasteiger partial charge on any atom is 0.240 e. The molecule has 0 heterocycles. The molecule has 0 saturated carbocycles. The van der Waals surface area contributed by atoms with Crippen molar-refractivity contribution in [1.82, 2.24) is 0 Å². The van der Waals surface area contributed by atoms with Gasteiger partial charge in [0.15, 0.2) is 0 Å². The molecular formula is C16H11ClN2O2. The van der Waals surface area contributed by atoms with E-state index in [1.165, 1.54) is 12.2 Å². The fourth-order valence-corrected chi connectivity index (χ4v) is 2.24. The summed E-state index contributed by atoms with van der Waals surface area (Å²) in [5.41, 5.74) is 2.74. The van der Waals surface area contributed by atoms with Gasteiger partial charge in [0.05, 0.1) is 11.4 Å². The fourth-order valence-electron chi connectivity index (χ4n) is 2.01. The predicted octanol–water partition coefficient (Wildman–Crippen LogP) is 4.06. The second-order valence-electron chi connectivity index (χ2n) is 4.31. The predicted molar refractivity (Wildman–Crippen MR) is 80.9 cm³/mol. The molecule has 2 rings (SSSR count). The summed E-state index contributed by atoms with van der Waals surface area (Å²) in [5.74, 6) is 0. The molecule has 5 heteroatoms. The zero-order chi connectivity index (χ0) is 15.1. The van der Waals surface area contributed by atoms with Gasteiger partial charge < -0.3 is 0 Å². The average Bonchev–Trinajstić information content (AvgIpc) is 2.49. The Kier molecular flexibility index (Phi) is 5.19. The molecule has 2 aromatic carbocycles. The summed E-state index contributed by atoms with van der Waals surface area (Å²) in [5, 5.41) is 0.708. The van der Waals surface area contributed by atoms with Crippen LogP contribution in [-0.2, 0) is 22.4 Å². The second kappa shape index (κ2) is 7.32. The van der Waals surface area contributed by atoms with Crippen molar-refractivity contribution in [3.8, 4) is 0 Å². The molecule has 4 nitrogen and oxygen atoms in total. The first-order valence-corrected chi connectivity index (χ1v) is 6.64. The first-order chi connectivity index (χ1) is 10.2. The molecule has 104 valence electrons. The van der Waals surface area contributed by atoms with Gasteiger partial charge in [-0.05, 0) is 42.2 Å². The molecule has 0 N–H and O–H groups in total. The maximum atomic E-state index is 10.5. The summed E-state index contributed by atoms with van der Waals surface area (Å²) in [6.07, 6.45) is 4.35. The van der Waals surface area contributed by atoms with Crippen LogP contribution in [0.25, 0.3) is 0 Å². The Morgan fingerprint density at radius 1 is 0.905 bits per heavy atom. The zero-order valence-electron chi connectivity index (χ0n) is 11.0. The van der Waals surface area contributed by atoms with E-state index in [0.717, 1.165) is 17.5 Å². The molecule has 2 aromatic rings. The van der Waals surface area contributed by atoms with E-state index in [4.69, 9.17) is 11.6 Å². The Morgan fingerprint density at radius 3 is 2.33 bits per heavy atom. The average molecular weight is 299 g/mol. The van der Waals surface area contributed by atoms with Crippen molar-refractivity contribution >= 4 is 35.1 Å². The molecule has 0 unspecified atom stereocenters. The minimum Gasteiger partial charge on any atom is -0.211 e. The number of nitrogens with zero attached hydrogens (tertiary/aromatic N) is 2. The Bertz CT molecular complexity index is 746. The molecule has 0 bridgehead atoms. The van der Waals surface area contributed by atoms with Crippen molar-refractivity contribution < 1.29 is 9.59 Å². The molecule has 0 fully saturated rings. The summed E-state index contributed by atoms with van der Waals surface area (Å²) in [6.45, 7) is 0. The van der Waals surface area contributed by atoms with Gasteiger partial charge in [0, 0.05) is 5.02 Å². The highest BCUT2D eigenvalue weighted by Gasteiger charge is 2.06. The van der Waals surface area contributed by atoms with Crippen molar-refractivity contribution in [1.29, 1.82) is 0 Å². The standard InChI is InChI=1S/C16H11ClN2O2/c17-15-4-2-1-3-12(15)5-6-13-7-8-14(18-10-20)9-16(13)19-11-21/h1-4,7-9H,5-6H2. The number of halogens is 1. The summed E-state index contributed by atoms with van der Waals surface area (Å²) in [6, 6.07) is 12.6. The number of rotatable bonds is 5. The maximum absolute atomic E-state index is 10.5. The third-order valence-corrected chi connectivity index (χ3v) is 3.40. The first-order valence-electron chi connectivity index (χ1n) is 6.26. The first kappa shape index (κ1) is 14.9. The van der Waals surface area contributed by atoms with E-state index in [2.05, 4.69) is 9.98 Å². The van der Waals surface area contributed by atoms with Crippen molar-refractivity contribution in [3.05, 3.63) is 58.6 Å². The van der Waals surface area contributed by atoms with Gasteiger partial charge in [-0.3, -0.25) is 0 Å². The van der Waals surface area contributed by atoms with Crippen LogP contribution in [0.1, 0.15) is 11.1 Å². The Morgan fingerprint density at radius 2 is 1.62 bits per heavy atom. The molecule has 0 aromatic heterocycles. The summed E-state index contributed by atoms with van der Waals surface area (Å²) < 4.78 is 0. The molecule has 0 spiro atoms. The van der Waals surface area contributed by atoms with E-state index in [9.17, 15) is 9.59 Å². The third kappa shape index (κ3) is 3.98. The third-order valence-electron chi connectivity index (χ3n) is 3.03. The van der Waals surface area contributed by atoms with Crippen LogP contribution >= 0.6 is 11.6 Å². The van der Waals surface area contributed by atoms with E-state index in [0.29, 0.717) is 22.8 Å². The lowest BCUT2D eigenvalue weighted by molar-refractivity contribution is 0.564. The lowest BCUT2D eigenvalue weighted by Crippen LogP contribution is -1.92. The fraction of sp³-hybridized carbons (Fsp3) is 0.125. The van der Waals surface area contributed by atoms with Gasteiger partial charge in [0.25, 0.3) is 0 Å². The number of hydrogen-bond acceptors (Lipinski definition) is 4. The van der Waals surface area contributed by atoms with Crippen LogP contribution in [0.4, 0.5) is 11.4 Å². The molecule has 0 amide bonds. The van der Waals surface area contributed by atoms with E-state index in [1.54, 1.807) is 18.2 Å². The zero-order valence-corrected chi connectivity index (χ0v) is 11.8. The minimum atomic E-state index is 0.403. The van der Waals surface area contributed by atoms with Crippen molar-refractivity contribution in [2.75, 3.05) is 0 Å². The summed E-state index contributed by atoms with van der Waals surface area (Å²) in [7, 11) is 0. The lowest BCUT2D eigenvalue weighted by Gasteiger charge is -2.07. The number of hydrogen-bond donors (Lipinski definition) is 0. The highest BCUT2D eigenvalue weighted by molar-refractivity contribution is 6.31. The molecule has 0 atom stereocenters. The van der Waals surface area contributed by atoms with Crippen LogP contribution in [0, 0.1) is 0 Å². The summed E-state index contributed by atoms with van der Waals surface area (Å²) >= 11 is 6.11. The van der Waals surface area contributed by atoms with E-state index < -0.39 is 0 Å². The Balaban J connectivity index is 2.25. The molecule has 0 aliphatic heterocycles. The number of aliphatic imine (C=N–C) groups is 2. The minimum absolute atomic E-state index is 0.403. The van der Waals surface area contributed by atoms with Crippen LogP contribution in [0.3, 0.4) is 0 Å². The largest absolute Gasteiger partial charge is 0.240 e. The van der Waals surface area contributed by atoms with Crippen LogP contribution in [0.2, 0.25) is 5.02 Å². The van der Waals surface area contributed by atoms with Crippen LogP contribution in [0.15, 0.2) is 52.4 Å². The van der Waals surface area contributed by atoms with Gasteiger partial charge in [0.1, 0.15) is 0 Å². The van der Waals surface area contributed by atoms with E-state index in [1.807, 2.05) is 24.3 Å². The second-order valence-corrected chi connectivity index (χ2v) is 4.72. The molecule has 21 heavy (non-hydrogen) atoms. The van der Waals surface area contributed by atoms with Gasteiger partial charge in [-0.2, -0.15) is 9.98 Å². The van der Waals surface area contributed by atoms with Gasteiger partial charge in [-0.25, -0.2) is 9.59 Å². The van der Waals surface area contributed by atoms with Crippen molar-refractivity contribution in [2.45, 2.75) is 12.8 Å². The quantitative estimate of drug-likeness (QED) is 0.617. The van der Waals surface area contributed by atoms with Gasteiger partial charge in [0.2, 0.25) is 12.2 Å². The highest BCUT2D eigenvalue weighted by atomic mass is 35.5. The molecule has 0 aliphatic rings. The van der Waals surface area contributed by atoms with Crippen LogP contribution in [-0.4, -0.2) is 12.2 Å². The smallest absolute Gasteiger partial charge is 0.211 e. The topological polar surface area (TPSA) is 58.9 Å². The Labute approximate surface area is 126 Å². The monoisotopic (exact) mass is 298 g/mol. The van der Waals surface area contributed by atoms with E-state index in [-0.39, 0.29) is 0 Å². The Hall–Kier alpha value is -2.51. The van der Waals surface area contributed by atoms with Crippen molar-refractivity contribution in [2.24, 2.45) is 9.98 Å².